The zero-order valence-corrected chi connectivity index (χ0v) is 22.3. The van der Waals surface area contributed by atoms with Gasteiger partial charge in [-0.05, 0) is 57.7 Å². The molecule has 2 aromatic heterocycles. The molecule has 4 fully saturated rings. The van der Waals surface area contributed by atoms with Crippen molar-refractivity contribution < 1.29 is 9.13 Å². The Morgan fingerprint density at radius 2 is 1.82 bits per heavy atom. The van der Waals surface area contributed by atoms with Crippen LogP contribution >= 0.6 is 0 Å². The number of pyridine rings is 1. The van der Waals surface area contributed by atoms with Crippen molar-refractivity contribution in [1.29, 1.82) is 0 Å². The molecule has 0 aliphatic carbocycles. The standard InChI is InChI=1S/C29H36FN7O/c1-35(2)23-8-4-3-7-21(23)25-24(30)26-22(15-31-25)27(36-16-19-9-10-20(17-36)32-19)34-28(33-26)38-18-29-11-5-13-37(29)14-6-12-29/h3-4,7-8,15,19-20,32H,5-6,9-14,16-18H2,1-2H3/t19-,20+. The van der Waals surface area contributed by atoms with Gasteiger partial charge in [-0.2, -0.15) is 9.97 Å². The summed E-state index contributed by atoms with van der Waals surface area (Å²) >= 11 is 0. The molecule has 2 bridgehead atoms. The molecule has 0 unspecified atom stereocenters. The molecule has 0 radical (unpaired) electrons. The van der Waals surface area contributed by atoms with E-state index in [1.54, 1.807) is 6.20 Å². The largest absolute Gasteiger partial charge is 0.461 e. The van der Waals surface area contributed by atoms with Crippen LogP contribution in [0.5, 0.6) is 6.01 Å². The van der Waals surface area contributed by atoms with E-state index in [-0.39, 0.29) is 17.1 Å². The number of piperazine rings is 1. The Morgan fingerprint density at radius 1 is 1.08 bits per heavy atom. The lowest BCUT2D eigenvalue weighted by molar-refractivity contribution is 0.108. The summed E-state index contributed by atoms with van der Waals surface area (Å²) in [6, 6.07) is 8.88. The van der Waals surface area contributed by atoms with Gasteiger partial charge in [-0.1, -0.05) is 18.2 Å². The fourth-order valence-corrected chi connectivity index (χ4v) is 7.21. The molecular weight excluding hydrogens is 481 g/mol. The maximum atomic E-state index is 16.4. The van der Waals surface area contributed by atoms with E-state index in [9.17, 15) is 0 Å². The van der Waals surface area contributed by atoms with Crippen molar-refractivity contribution in [2.45, 2.75) is 56.1 Å². The zero-order valence-electron chi connectivity index (χ0n) is 22.3. The third-order valence-corrected chi connectivity index (χ3v) is 9.08. The van der Waals surface area contributed by atoms with Gasteiger partial charge in [-0.25, -0.2) is 4.39 Å². The Hall–Kier alpha value is -3.04. The molecule has 1 N–H and O–H groups in total. The van der Waals surface area contributed by atoms with Crippen LogP contribution in [0.1, 0.15) is 38.5 Å². The molecule has 7 rings (SSSR count). The number of hydrogen-bond donors (Lipinski definition) is 1. The summed E-state index contributed by atoms with van der Waals surface area (Å²) in [6.45, 7) is 4.49. The Morgan fingerprint density at radius 3 is 2.55 bits per heavy atom. The Kier molecular flexibility index (Phi) is 5.89. The third-order valence-electron chi connectivity index (χ3n) is 9.08. The Bertz CT molecular complexity index is 1340. The molecule has 0 spiro atoms. The summed E-state index contributed by atoms with van der Waals surface area (Å²) in [5.74, 6) is 0.305. The van der Waals surface area contributed by atoms with Crippen LogP contribution in [0, 0.1) is 5.82 Å². The fraction of sp³-hybridized carbons (Fsp3) is 0.552. The molecular formula is C29H36FN7O. The molecule has 1 aromatic carbocycles. The second kappa shape index (κ2) is 9.31. The summed E-state index contributed by atoms with van der Waals surface area (Å²) in [5, 5.41) is 4.32. The van der Waals surface area contributed by atoms with Crippen molar-refractivity contribution in [3.8, 4) is 17.3 Å². The second-order valence-corrected chi connectivity index (χ2v) is 11.7. The fourth-order valence-electron chi connectivity index (χ4n) is 7.21. The number of nitrogens with zero attached hydrogens (tertiary/aromatic N) is 6. The summed E-state index contributed by atoms with van der Waals surface area (Å²) in [5.41, 5.74) is 2.30. The molecule has 4 saturated heterocycles. The number of rotatable bonds is 6. The first-order valence-corrected chi connectivity index (χ1v) is 14.0. The summed E-state index contributed by atoms with van der Waals surface area (Å²) < 4.78 is 22.7. The van der Waals surface area contributed by atoms with Gasteiger partial charge in [-0.3, -0.25) is 9.88 Å². The molecule has 4 aliphatic rings. The van der Waals surface area contributed by atoms with Crippen molar-refractivity contribution in [3.05, 3.63) is 36.3 Å². The number of halogens is 1. The molecule has 2 atom stereocenters. The van der Waals surface area contributed by atoms with E-state index in [2.05, 4.69) is 20.1 Å². The number of fused-ring (bicyclic) bond motifs is 4. The number of hydrogen-bond acceptors (Lipinski definition) is 8. The van der Waals surface area contributed by atoms with E-state index in [1.165, 1.54) is 12.8 Å². The molecule has 3 aromatic rings. The van der Waals surface area contributed by atoms with Gasteiger partial charge in [0.1, 0.15) is 23.6 Å². The van der Waals surface area contributed by atoms with Crippen molar-refractivity contribution in [2.75, 3.05) is 56.7 Å². The second-order valence-electron chi connectivity index (χ2n) is 11.7. The van der Waals surface area contributed by atoms with Crippen molar-refractivity contribution in [3.63, 3.8) is 0 Å². The quantitative estimate of drug-likeness (QED) is 0.529. The van der Waals surface area contributed by atoms with Gasteiger partial charge in [0.25, 0.3) is 0 Å². The molecule has 0 amide bonds. The van der Waals surface area contributed by atoms with E-state index in [0.29, 0.717) is 29.8 Å². The van der Waals surface area contributed by atoms with Gasteiger partial charge in [0.2, 0.25) is 0 Å². The summed E-state index contributed by atoms with van der Waals surface area (Å²) in [7, 11) is 3.91. The van der Waals surface area contributed by atoms with Gasteiger partial charge in [0, 0.05) is 56.7 Å². The van der Waals surface area contributed by atoms with E-state index in [4.69, 9.17) is 14.7 Å². The van der Waals surface area contributed by atoms with Gasteiger partial charge in [0.05, 0.1) is 10.9 Å². The van der Waals surface area contributed by atoms with Crippen LogP contribution in [0.15, 0.2) is 30.5 Å². The zero-order chi connectivity index (χ0) is 25.9. The van der Waals surface area contributed by atoms with Gasteiger partial charge < -0.3 is 19.9 Å². The third kappa shape index (κ3) is 3.98. The Labute approximate surface area is 223 Å². The van der Waals surface area contributed by atoms with Crippen LogP contribution in [0.3, 0.4) is 0 Å². The number of ether oxygens (including phenoxy) is 1. The first kappa shape index (κ1) is 24.0. The van der Waals surface area contributed by atoms with Crippen LogP contribution in [-0.4, -0.2) is 84.4 Å². The average Bonchev–Trinajstić information content (AvgIpc) is 3.61. The number of anilines is 2. The van der Waals surface area contributed by atoms with Gasteiger partial charge in [-0.15, -0.1) is 0 Å². The minimum atomic E-state index is -0.426. The monoisotopic (exact) mass is 517 g/mol. The first-order valence-electron chi connectivity index (χ1n) is 14.0. The highest BCUT2D eigenvalue weighted by molar-refractivity contribution is 5.93. The number of aromatic nitrogens is 3. The van der Waals surface area contributed by atoms with Crippen LogP contribution in [0.2, 0.25) is 0 Å². The normalized spacial score (nSPS) is 24.2. The predicted molar refractivity (Wildman–Crippen MR) is 147 cm³/mol. The minimum absolute atomic E-state index is 0.0687. The maximum absolute atomic E-state index is 16.4. The highest BCUT2D eigenvalue weighted by atomic mass is 19.1. The molecule has 200 valence electrons. The van der Waals surface area contributed by atoms with Crippen LogP contribution < -0.4 is 19.9 Å². The van der Waals surface area contributed by atoms with Gasteiger partial charge in [0.15, 0.2) is 5.82 Å². The smallest absolute Gasteiger partial charge is 0.319 e. The van der Waals surface area contributed by atoms with E-state index in [0.717, 1.165) is 68.9 Å². The average molecular weight is 518 g/mol. The number of nitrogens with one attached hydrogen (secondary N) is 1. The Balaban J connectivity index is 1.32. The number of benzene rings is 1. The summed E-state index contributed by atoms with van der Waals surface area (Å²) in [4.78, 5) is 21.1. The highest BCUT2D eigenvalue weighted by Gasteiger charge is 2.45. The van der Waals surface area contributed by atoms with Crippen molar-refractivity contribution in [2.24, 2.45) is 0 Å². The van der Waals surface area contributed by atoms with E-state index in [1.807, 2.05) is 43.3 Å². The molecule has 9 heteroatoms. The molecule has 0 saturated carbocycles. The molecule has 8 nitrogen and oxygen atoms in total. The lowest BCUT2D eigenvalue weighted by Crippen LogP contribution is -2.51. The summed E-state index contributed by atoms with van der Waals surface area (Å²) in [6.07, 6.45) is 8.74. The predicted octanol–water partition coefficient (Wildman–Crippen LogP) is 3.84. The van der Waals surface area contributed by atoms with Crippen LogP contribution in [0.25, 0.3) is 22.2 Å². The highest BCUT2D eigenvalue weighted by Crippen LogP contribution is 2.40. The molecule has 38 heavy (non-hydrogen) atoms. The van der Waals surface area contributed by atoms with E-state index >= 15 is 4.39 Å². The van der Waals surface area contributed by atoms with Crippen LogP contribution in [-0.2, 0) is 0 Å². The van der Waals surface area contributed by atoms with Crippen LogP contribution in [0.4, 0.5) is 15.9 Å². The topological polar surface area (TPSA) is 69.7 Å². The van der Waals surface area contributed by atoms with Gasteiger partial charge >= 0.3 is 6.01 Å². The van der Waals surface area contributed by atoms with Crippen molar-refractivity contribution in [1.82, 2.24) is 25.2 Å². The SMILES string of the molecule is CN(C)c1ccccc1-c1ncc2c(N3C[C@H]4CC[C@@H](C3)N4)nc(OCC34CCCN3CCC4)nc2c1F. The number of para-hydroxylation sites is 1. The lowest BCUT2D eigenvalue weighted by Gasteiger charge is -2.34. The minimum Gasteiger partial charge on any atom is -0.461 e. The molecule has 6 heterocycles. The van der Waals surface area contributed by atoms with Crippen molar-refractivity contribution >= 4 is 22.4 Å². The maximum Gasteiger partial charge on any atom is 0.319 e. The first-order chi connectivity index (χ1) is 18.5. The van der Waals surface area contributed by atoms with E-state index < -0.39 is 5.82 Å². The molecule has 4 aliphatic heterocycles. The lowest BCUT2D eigenvalue weighted by atomic mass is 9.95.